The van der Waals surface area contributed by atoms with E-state index in [0.717, 1.165) is 22.2 Å². The lowest BCUT2D eigenvalue weighted by Crippen LogP contribution is -1.98. The number of rotatable bonds is 3. The molecule has 1 N–H and O–H groups in total. The van der Waals surface area contributed by atoms with Crippen LogP contribution >= 0.6 is 11.6 Å². The number of aromatic amines is 1. The Hall–Kier alpha value is -2.54. The normalized spacial score (nSPS) is 11.9. The maximum atomic E-state index is 13.0. The average molecular weight is 348 g/mol. The molecule has 0 aliphatic heterocycles. The van der Waals surface area contributed by atoms with Crippen LogP contribution in [-0.4, -0.2) is 24.6 Å². The molecule has 8 heteroatoms. The van der Waals surface area contributed by atoms with E-state index in [2.05, 4.69) is 20.2 Å². The molecule has 0 aliphatic rings. The van der Waals surface area contributed by atoms with E-state index >= 15 is 0 Å². The zero-order valence-electron chi connectivity index (χ0n) is 12.6. The lowest BCUT2D eigenvalue weighted by molar-refractivity contribution is 0.147. The van der Waals surface area contributed by atoms with Gasteiger partial charge in [0.25, 0.3) is 6.43 Å². The van der Waals surface area contributed by atoms with Gasteiger partial charge < -0.3 is 0 Å². The summed E-state index contributed by atoms with van der Waals surface area (Å²) in [5, 5.41) is 8.16. The standard InChI is InChI=1S/C16H12ClF2N5/c1-2-11-13(8-3-9-5-21-23-14(9)10(17)4-8)16-22-12(15(18)19)6-24(16)7-20-11/h3-7,15H,2H2,1H3,(H,21,23). The van der Waals surface area contributed by atoms with Gasteiger partial charge >= 0.3 is 0 Å². The minimum atomic E-state index is -2.64. The molecule has 0 amide bonds. The summed E-state index contributed by atoms with van der Waals surface area (Å²) in [6, 6.07) is 3.67. The number of nitrogens with one attached hydrogen (secondary N) is 1. The van der Waals surface area contributed by atoms with Crippen molar-refractivity contribution in [2.75, 3.05) is 0 Å². The molecule has 0 bridgehead atoms. The number of nitrogens with zero attached hydrogens (tertiary/aromatic N) is 4. The second kappa shape index (κ2) is 5.52. The van der Waals surface area contributed by atoms with Crippen molar-refractivity contribution in [1.29, 1.82) is 0 Å². The second-order valence-electron chi connectivity index (χ2n) is 5.41. The van der Waals surface area contributed by atoms with Gasteiger partial charge in [0.15, 0.2) is 0 Å². The van der Waals surface area contributed by atoms with Crippen LogP contribution in [0.4, 0.5) is 8.78 Å². The van der Waals surface area contributed by atoms with Crippen LogP contribution in [0.2, 0.25) is 5.02 Å². The Morgan fingerprint density at radius 2 is 2.17 bits per heavy atom. The Morgan fingerprint density at radius 3 is 2.92 bits per heavy atom. The Bertz CT molecular complexity index is 1050. The summed E-state index contributed by atoms with van der Waals surface area (Å²) in [7, 11) is 0. The van der Waals surface area contributed by atoms with Gasteiger partial charge in [-0.1, -0.05) is 18.5 Å². The molecule has 5 nitrogen and oxygen atoms in total. The Morgan fingerprint density at radius 1 is 1.33 bits per heavy atom. The summed E-state index contributed by atoms with van der Waals surface area (Å²) in [5.41, 5.74) is 3.15. The van der Waals surface area contributed by atoms with Crippen molar-refractivity contribution in [1.82, 2.24) is 24.6 Å². The molecule has 0 saturated heterocycles. The summed E-state index contributed by atoms with van der Waals surface area (Å²) in [6.45, 7) is 1.96. The van der Waals surface area contributed by atoms with Gasteiger partial charge in [-0.15, -0.1) is 0 Å². The molecule has 0 spiro atoms. The highest BCUT2D eigenvalue weighted by Gasteiger charge is 2.19. The Kier molecular flexibility index (Phi) is 3.45. The van der Waals surface area contributed by atoms with Crippen LogP contribution in [0, 0.1) is 0 Å². The van der Waals surface area contributed by atoms with Crippen LogP contribution in [0.1, 0.15) is 24.7 Å². The van der Waals surface area contributed by atoms with Gasteiger partial charge in [-0.05, 0) is 24.1 Å². The van der Waals surface area contributed by atoms with Crippen molar-refractivity contribution in [3.05, 3.63) is 47.3 Å². The quantitative estimate of drug-likeness (QED) is 0.596. The predicted molar refractivity (Wildman–Crippen MR) is 87.4 cm³/mol. The van der Waals surface area contributed by atoms with Gasteiger partial charge in [0, 0.05) is 17.1 Å². The zero-order chi connectivity index (χ0) is 16.8. The van der Waals surface area contributed by atoms with Gasteiger partial charge in [0.1, 0.15) is 17.7 Å². The number of benzene rings is 1. The summed E-state index contributed by atoms with van der Waals surface area (Å²) >= 11 is 6.32. The van der Waals surface area contributed by atoms with Crippen LogP contribution < -0.4 is 0 Å². The number of H-pyrrole nitrogens is 1. The van der Waals surface area contributed by atoms with Gasteiger partial charge in [-0.2, -0.15) is 5.10 Å². The average Bonchev–Trinajstić information content (AvgIpc) is 3.20. The SMILES string of the molecule is CCc1ncn2cc(C(F)F)nc2c1-c1cc(Cl)c2[nH]ncc2c1. The van der Waals surface area contributed by atoms with Gasteiger partial charge in [0.05, 0.1) is 22.4 Å². The Labute approximate surface area is 140 Å². The molecule has 0 saturated carbocycles. The van der Waals surface area contributed by atoms with Gasteiger partial charge in [-0.3, -0.25) is 9.50 Å². The fraction of sp³-hybridized carbons (Fsp3) is 0.188. The molecule has 122 valence electrons. The number of aryl methyl sites for hydroxylation is 1. The minimum Gasteiger partial charge on any atom is -0.289 e. The first-order valence-electron chi connectivity index (χ1n) is 7.36. The van der Waals surface area contributed by atoms with E-state index < -0.39 is 6.43 Å². The van der Waals surface area contributed by atoms with Crippen LogP contribution in [0.3, 0.4) is 0 Å². The number of hydrogen-bond donors (Lipinski definition) is 1. The van der Waals surface area contributed by atoms with E-state index in [4.69, 9.17) is 11.6 Å². The fourth-order valence-corrected chi connectivity index (χ4v) is 3.11. The van der Waals surface area contributed by atoms with Crippen molar-refractivity contribution in [3.63, 3.8) is 0 Å². The molecule has 4 rings (SSSR count). The van der Waals surface area contributed by atoms with E-state index in [1.54, 1.807) is 12.3 Å². The maximum absolute atomic E-state index is 13.0. The largest absolute Gasteiger partial charge is 0.289 e. The van der Waals surface area contributed by atoms with Crippen molar-refractivity contribution in [2.45, 2.75) is 19.8 Å². The van der Waals surface area contributed by atoms with Crippen LogP contribution in [0.5, 0.6) is 0 Å². The third-order valence-corrected chi connectivity index (χ3v) is 4.25. The first-order chi connectivity index (χ1) is 11.6. The molecule has 0 atom stereocenters. The lowest BCUT2D eigenvalue weighted by atomic mass is 10.0. The van der Waals surface area contributed by atoms with Crippen molar-refractivity contribution in [2.24, 2.45) is 0 Å². The van der Waals surface area contributed by atoms with Crippen molar-refractivity contribution >= 4 is 28.2 Å². The van der Waals surface area contributed by atoms with Crippen LogP contribution in [0.15, 0.2) is 30.9 Å². The maximum Gasteiger partial charge on any atom is 0.281 e. The molecule has 0 aliphatic carbocycles. The van der Waals surface area contributed by atoms with Crippen molar-refractivity contribution in [3.8, 4) is 11.1 Å². The van der Waals surface area contributed by atoms with E-state index in [1.807, 2.05) is 13.0 Å². The van der Waals surface area contributed by atoms with E-state index in [1.165, 1.54) is 16.9 Å². The minimum absolute atomic E-state index is 0.276. The van der Waals surface area contributed by atoms with Gasteiger partial charge in [0.2, 0.25) is 0 Å². The smallest absolute Gasteiger partial charge is 0.281 e. The molecule has 3 heterocycles. The topological polar surface area (TPSA) is 58.9 Å². The second-order valence-corrected chi connectivity index (χ2v) is 5.82. The third-order valence-electron chi connectivity index (χ3n) is 3.95. The number of imidazole rings is 1. The van der Waals surface area contributed by atoms with Gasteiger partial charge in [-0.25, -0.2) is 18.7 Å². The highest BCUT2D eigenvalue weighted by Crippen LogP contribution is 2.34. The molecule has 0 radical (unpaired) electrons. The number of aromatic nitrogens is 5. The molecular formula is C16H12ClF2N5. The lowest BCUT2D eigenvalue weighted by Gasteiger charge is -2.10. The highest BCUT2D eigenvalue weighted by molar-refractivity contribution is 6.35. The summed E-state index contributed by atoms with van der Waals surface area (Å²) < 4.78 is 27.6. The third kappa shape index (κ3) is 2.24. The van der Waals surface area contributed by atoms with Crippen LogP contribution in [0.25, 0.3) is 27.7 Å². The molecule has 24 heavy (non-hydrogen) atoms. The molecule has 3 aromatic heterocycles. The van der Waals surface area contributed by atoms with E-state index in [-0.39, 0.29) is 5.69 Å². The predicted octanol–water partition coefficient (Wildman–Crippen LogP) is 4.43. The first kappa shape index (κ1) is 15.0. The van der Waals surface area contributed by atoms with Crippen LogP contribution in [-0.2, 0) is 6.42 Å². The summed E-state index contributed by atoms with van der Waals surface area (Å²) in [4.78, 5) is 8.48. The zero-order valence-corrected chi connectivity index (χ0v) is 13.3. The highest BCUT2D eigenvalue weighted by atomic mass is 35.5. The Balaban J connectivity index is 2.05. The monoisotopic (exact) mass is 347 g/mol. The number of halogens is 3. The molecule has 4 aromatic rings. The summed E-state index contributed by atoms with van der Waals surface area (Å²) in [6.07, 6.45) is 2.48. The summed E-state index contributed by atoms with van der Waals surface area (Å²) in [5.74, 6) is 0. The number of fused-ring (bicyclic) bond motifs is 2. The first-order valence-corrected chi connectivity index (χ1v) is 7.74. The molecular weight excluding hydrogens is 336 g/mol. The molecule has 1 aromatic carbocycles. The molecule has 0 unspecified atom stereocenters. The number of alkyl halides is 2. The van der Waals surface area contributed by atoms with Crippen molar-refractivity contribution < 1.29 is 8.78 Å². The van der Waals surface area contributed by atoms with E-state index in [9.17, 15) is 8.78 Å². The van der Waals surface area contributed by atoms with E-state index in [0.29, 0.717) is 22.7 Å². The fourth-order valence-electron chi connectivity index (χ4n) is 2.84. The number of hydrogen-bond acceptors (Lipinski definition) is 3. The molecule has 0 fully saturated rings.